The zero-order valence-electron chi connectivity index (χ0n) is 13.7. The highest BCUT2D eigenvalue weighted by Crippen LogP contribution is 2.14. The topological polar surface area (TPSA) is 149 Å². The van der Waals surface area contributed by atoms with Crippen LogP contribution in [0.15, 0.2) is 30.3 Å². The lowest BCUT2D eigenvalue weighted by Crippen LogP contribution is -2.21. The summed E-state index contributed by atoms with van der Waals surface area (Å²) in [5.74, 6) is -9.15. The second-order valence-corrected chi connectivity index (χ2v) is 4.08. The Balaban J connectivity index is -0.000000327. The maximum Gasteiger partial charge on any atom is 0.490 e. The van der Waals surface area contributed by atoms with Gasteiger partial charge in [0.15, 0.2) is 0 Å². The van der Waals surface area contributed by atoms with Crippen LogP contribution in [0.1, 0.15) is 10.4 Å². The van der Waals surface area contributed by atoms with E-state index in [1.165, 1.54) is 0 Å². The third-order valence-electron chi connectivity index (χ3n) is 1.75. The molecule has 0 aliphatic rings. The van der Waals surface area contributed by atoms with Crippen LogP contribution >= 0.6 is 0 Å². The van der Waals surface area contributed by atoms with Crippen molar-refractivity contribution in [2.24, 2.45) is 0 Å². The minimum absolute atomic E-state index is 0.331. The molecule has 17 heteroatoms. The van der Waals surface area contributed by atoms with Gasteiger partial charge < -0.3 is 20.4 Å². The lowest BCUT2D eigenvalue weighted by Gasteiger charge is -1.93. The molecular formula is C13H9F9O8. The van der Waals surface area contributed by atoms with Crippen LogP contribution in [0.2, 0.25) is 0 Å². The van der Waals surface area contributed by atoms with E-state index in [4.69, 9.17) is 34.8 Å². The van der Waals surface area contributed by atoms with Gasteiger partial charge in [0.25, 0.3) is 0 Å². The molecule has 1 aromatic carbocycles. The molecule has 0 unspecified atom stereocenters. The third kappa shape index (κ3) is 19.2. The molecule has 0 spiro atoms. The summed E-state index contributed by atoms with van der Waals surface area (Å²) >= 11 is 0. The van der Waals surface area contributed by atoms with Gasteiger partial charge in [-0.2, -0.15) is 39.5 Å². The molecule has 4 N–H and O–H groups in total. The number of carboxylic acid groups (broad SMARTS) is 4. The highest BCUT2D eigenvalue weighted by Gasteiger charge is 2.39. The Morgan fingerprint density at radius 3 is 0.833 bits per heavy atom. The summed E-state index contributed by atoms with van der Waals surface area (Å²) in [6.45, 7) is 0. The van der Waals surface area contributed by atoms with Gasteiger partial charge in [-0.3, -0.25) is 0 Å². The molecule has 1 rings (SSSR count). The van der Waals surface area contributed by atoms with Crippen LogP contribution in [0.25, 0.3) is 0 Å². The first-order valence-electron chi connectivity index (χ1n) is 6.32. The van der Waals surface area contributed by atoms with Gasteiger partial charge in [-0.05, 0) is 12.1 Å². The van der Waals surface area contributed by atoms with E-state index in [9.17, 15) is 44.3 Å². The van der Waals surface area contributed by atoms with Crippen molar-refractivity contribution in [1.29, 1.82) is 0 Å². The van der Waals surface area contributed by atoms with Crippen LogP contribution in [0.3, 0.4) is 0 Å². The first-order chi connectivity index (χ1) is 13.1. The fraction of sp³-hybridized carbons (Fsp3) is 0.231. The number of alkyl halides is 9. The smallest absolute Gasteiger partial charge is 0.478 e. The molecule has 172 valence electrons. The van der Waals surface area contributed by atoms with E-state index in [0.29, 0.717) is 5.56 Å². The van der Waals surface area contributed by atoms with Crippen LogP contribution < -0.4 is 0 Å². The summed E-state index contributed by atoms with van der Waals surface area (Å²) in [6.07, 6.45) is -15.3. The average molecular weight is 464 g/mol. The molecule has 0 saturated heterocycles. The number of halogens is 9. The molecule has 0 aromatic heterocycles. The van der Waals surface area contributed by atoms with Gasteiger partial charge in [-0.15, -0.1) is 0 Å². The lowest BCUT2D eigenvalue weighted by molar-refractivity contribution is -0.193. The van der Waals surface area contributed by atoms with Crippen molar-refractivity contribution in [2.45, 2.75) is 18.5 Å². The fourth-order valence-electron chi connectivity index (χ4n) is 0.581. The zero-order valence-corrected chi connectivity index (χ0v) is 13.7. The van der Waals surface area contributed by atoms with Gasteiger partial charge in [0.2, 0.25) is 0 Å². The monoisotopic (exact) mass is 464 g/mol. The van der Waals surface area contributed by atoms with E-state index >= 15 is 0 Å². The lowest BCUT2D eigenvalue weighted by atomic mass is 10.2. The van der Waals surface area contributed by atoms with Gasteiger partial charge in [-0.25, -0.2) is 19.2 Å². The molecule has 0 amide bonds. The van der Waals surface area contributed by atoms with Gasteiger partial charge in [0.1, 0.15) is 0 Å². The van der Waals surface area contributed by atoms with E-state index in [0.717, 1.165) is 0 Å². The van der Waals surface area contributed by atoms with Gasteiger partial charge >= 0.3 is 42.4 Å². The Morgan fingerprint density at radius 2 is 0.733 bits per heavy atom. The predicted molar refractivity (Wildman–Crippen MR) is 74.5 cm³/mol. The molecule has 1 aromatic rings. The second kappa shape index (κ2) is 12.8. The number of hydrogen-bond donors (Lipinski definition) is 4. The van der Waals surface area contributed by atoms with Gasteiger partial charge in [0, 0.05) is 0 Å². The Labute approximate surface area is 158 Å². The van der Waals surface area contributed by atoms with Crippen LogP contribution in [-0.2, 0) is 14.4 Å². The third-order valence-corrected chi connectivity index (χ3v) is 1.75. The van der Waals surface area contributed by atoms with Crippen LogP contribution in [0.4, 0.5) is 39.5 Å². The summed E-state index contributed by atoms with van der Waals surface area (Å²) in [6, 6.07) is 8.30. The Bertz CT molecular complexity index is 636. The molecule has 0 aliphatic carbocycles. The van der Waals surface area contributed by atoms with E-state index in [1.807, 2.05) is 0 Å². The van der Waals surface area contributed by atoms with Crippen molar-refractivity contribution < 1.29 is 79.1 Å². The van der Waals surface area contributed by atoms with Crippen molar-refractivity contribution in [3.8, 4) is 0 Å². The van der Waals surface area contributed by atoms with Crippen molar-refractivity contribution in [3.63, 3.8) is 0 Å². The highest BCUT2D eigenvalue weighted by atomic mass is 19.4. The SMILES string of the molecule is O=C(O)C(F)(F)F.O=C(O)C(F)(F)F.O=C(O)C(F)(F)F.O=C(O)c1ccccc1. The largest absolute Gasteiger partial charge is 0.490 e. The molecule has 0 aliphatic heterocycles. The minimum Gasteiger partial charge on any atom is -0.478 e. The molecule has 0 heterocycles. The Hall–Kier alpha value is -3.53. The molecule has 8 nitrogen and oxygen atoms in total. The number of carbonyl (C=O) groups is 4. The van der Waals surface area contributed by atoms with E-state index in [2.05, 4.69) is 0 Å². The number of carboxylic acids is 4. The van der Waals surface area contributed by atoms with Crippen molar-refractivity contribution >= 4 is 23.9 Å². The maximum absolute atomic E-state index is 10.6. The van der Waals surface area contributed by atoms with E-state index in [-0.39, 0.29) is 0 Å². The molecule has 0 saturated carbocycles. The summed E-state index contributed by atoms with van der Waals surface area (Å²) in [5.41, 5.74) is 0.331. The molecule has 0 atom stereocenters. The number of aliphatic carboxylic acids is 3. The van der Waals surface area contributed by atoms with Crippen LogP contribution in [0, 0.1) is 0 Å². The molecule has 0 radical (unpaired) electrons. The molecule has 0 bridgehead atoms. The van der Waals surface area contributed by atoms with Crippen molar-refractivity contribution in [1.82, 2.24) is 0 Å². The minimum atomic E-state index is -5.08. The summed E-state index contributed by atoms with van der Waals surface area (Å²) in [4.78, 5) is 36.9. The predicted octanol–water partition coefficient (Wildman–Crippen LogP) is 3.28. The first-order valence-corrected chi connectivity index (χ1v) is 6.32. The average Bonchev–Trinajstić information content (AvgIpc) is 2.54. The summed E-state index contributed by atoms with van der Waals surface area (Å²) in [5, 5.41) is 29.8. The highest BCUT2D eigenvalue weighted by molar-refractivity contribution is 5.87. The molecular weight excluding hydrogens is 455 g/mol. The van der Waals surface area contributed by atoms with E-state index < -0.39 is 42.4 Å². The standard InChI is InChI=1S/C7H6O2.3C2HF3O2/c8-7(9)6-4-2-1-3-5-6;3*3-2(4,5)1(6)7/h1-5H,(H,8,9);3*(H,6,7). The zero-order chi connectivity index (χ0) is 24.9. The Morgan fingerprint density at radius 1 is 0.533 bits per heavy atom. The number of hydrogen-bond acceptors (Lipinski definition) is 4. The number of benzene rings is 1. The van der Waals surface area contributed by atoms with Crippen molar-refractivity contribution in [2.75, 3.05) is 0 Å². The molecule has 30 heavy (non-hydrogen) atoms. The van der Waals surface area contributed by atoms with Crippen LogP contribution in [-0.4, -0.2) is 62.8 Å². The maximum atomic E-state index is 10.6. The van der Waals surface area contributed by atoms with Gasteiger partial charge in [0.05, 0.1) is 5.56 Å². The number of aromatic carboxylic acids is 1. The molecule has 0 fully saturated rings. The van der Waals surface area contributed by atoms with Crippen molar-refractivity contribution in [3.05, 3.63) is 35.9 Å². The van der Waals surface area contributed by atoms with Gasteiger partial charge in [-0.1, -0.05) is 18.2 Å². The Kier molecular flexibility index (Phi) is 13.3. The fourth-order valence-corrected chi connectivity index (χ4v) is 0.581. The van der Waals surface area contributed by atoms with E-state index in [1.54, 1.807) is 30.3 Å². The normalized spacial score (nSPS) is 10.6. The summed E-state index contributed by atoms with van der Waals surface area (Å²) < 4.78 is 95.2. The number of rotatable bonds is 1. The first kappa shape index (κ1) is 31.2. The second-order valence-electron chi connectivity index (χ2n) is 4.08. The quantitative estimate of drug-likeness (QED) is 0.463. The van der Waals surface area contributed by atoms with Crippen LogP contribution in [0.5, 0.6) is 0 Å². The summed E-state index contributed by atoms with van der Waals surface area (Å²) in [7, 11) is 0.